The number of ether oxygens (including phenoxy) is 1. The SMILES string of the molecule is CCCNC(=O)NCc1ccnc(OC)c1. The second-order valence-electron chi connectivity index (χ2n) is 3.32. The van der Waals surface area contributed by atoms with Crippen LogP contribution in [0.2, 0.25) is 0 Å². The van der Waals surface area contributed by atoms with Crippen LogP contribution < -0.4 is 15.4 Å². The normalized spacial score (nSPS) is 9.62. The van der Waals surface area contributed by atoms with Gasteiger partial charge in [-0.2, -0.15) is 0 Å². The number of hydrogen-bond donors (Lipinski definition) is 2. The molecule has 0 unspecified atom stereocenters. The van der Waals surface area contributed by atoms with Gasteiger partial charge in [0, 0.05) is 25.4 Å². The summed E-state index contributed by atoms with van der Waals surface area (Å²) in [5.74, 6) is 0.549. The average molecular weight is 223 g/mol. The van der Waals surface area contributed by atoms with E-state index in [2.05, 4.69) is 15.6 Å². The van der Waals surface area contributed by atoms with Crippen molar-refractivity contribution in [3.63, 3.8) is 0 Å². The Kier molecular flexibility index (Phi) is 5.11. The highest BCUT2D eigenvalue weighted by molar-refractivity contribution is 5.73. The van der Waals surface area contributed by atoms with E-state index in [1.165, 1.54) is 0 Å². The van der Waals surface area contributed by atoms with Crippen LogP contribution in [0.5, 0.6) is 5.88 Å². The molecule has 1 heterocycles. The fourth-order valence-corrected chi connectivity index (χ4v) is 1.16. The van der Waals surface area contributed by atoms with Crippen molar-refractivity contribution in [3.8, 4) is 5.88 Å². The topological polar surface area (TPSA) is 63.2 Å². The molecule has 0 spiro atoms. The van der Waals surface area contributed by atoms with Crippen LogP contribution >= 0.6 is 0 Å². The van der Waals surface area contributed by atoms with Gasteiger partial charge in [0.2, 0.25) is 5.88 Å². The molecule has 1 rings (SSSR count). The van der Waals surface area contributed by atoms with E-state index < -0.39 is 0 Å². The highest BCUT2D eigenvalue weighted by Gasteiger charge is 2.00. The lowest BCUT2D eigenvalue weighted by molar-refractivity contribution is 0.240. The number of hydrogen-bond acceptors (Lipinski definition) is 3. The van der Waals surface area contributed by atoms with Crippen LogP contribution in [0.3, 0.4) is 0 Å². The Bertz CT molecular complexity index is 342. The monoisotopic (exact) mass is 223 g/mol. The molecule has 0 saturated heterocycles. The van der Waals surface area contributed by atoms with Crippen LogP contribution in [-0.2, 0) is 6.54 Å². The summed E-state index contributed by atoms with van der Waals surface area (Å²) >= 11 is 0. The second-order valence-corrected chi connectivity index (χ2v) is 3.32. The number of carbonyl (C=O) groups excluding carboxylic acids is 1. The fourth-order valence-electron chi connectivity index (χ4n) is 1.16. The molecular formula is C11H17N3O2. The van der Waals surface area contributed by atoms with E-state index in [1.807, 2.05) is 13.0 Å². The van der Waals surface area contributed by atoms with Crippen molar-refractivity contribution in [2.24, 2.45) is 0 Å². The lowest BCUT2D eigenvalue weighted by atomic mass is 10.2. The van der Waals surface area contributed by atoms with Crippen LogP contribution in [-0.4, -0.2) is 24.7 Å². The molecule has 0 aliphatic carbocycles. The molecule has 0 atom stereocenters. The van der Waals surface area contributed by atoms with E-state index in [0.717, 1.165) is 12.0 Å². The molecule has 88 valence electrons. The van der Waals surface area contributed by atoms with Crippen molar-refractivity contribution in [3.05, 3.63) is 23.9 Å². The molecule has 0 aromatic carbocycles. The van der Waals surface area contributed by atoms with Gasteiger partial charge in [-0.25, -0.2) is 9.78 Å². The number of nitrogens with one attached hydrogen (secondary N) is 2. The Hall–Kier alpha value is -1.78. The van der Waals surface area contributed by atoms with Gasteiger partial charge in [0.05, 0.1) is 7.11 Å². The Balaban J connectivity index is 2.38. The van der Waals surface area contributed by atoms with Gasteiger partial charge in [-0.15, -0.1) is 0 Å². The summed E-state index contributed by atoms with van der Waals surface area (Å²) in [7, 11) is 1.56. The van der Waals surface area contributed by atoms with Crippen LogP contribution in [0.25, 0.3) is 0 Å². The summed E-state index contributed by atoms with van der Waals surface area (Å²) in [5.41, 5.74) is 0.957. The third kappa shape index (κ3) is 4.16. The van der Waals surface area contributed by atoms with E-state index in [4.69, 9.17) is 4.74 Å². The molecule has 0 aliphatic heterocycles. The minimum atomic E-state index is -0.155. The van der Waals surface area contributed by atoms with Crippen molar-refractivity contribution in [1.29, 1.82) is 0 Å². The highest BCUT2D eigenvalue weighted by Crippen LogP contribution is 2.07. The summed E-state index contributed by atoms with van der Waals surface area (Å²) in [5, 5.41) is 5.49. The van der Waals surface area contributed by atoms with Gasteiger partial charge in [0.25, 0.3) is 0 Å². The molecule has 5 heteroatoms. The van der Waals surface area contributed by atoms with Gasteiger partial charge in [0.1, 0.15) is 0 Å². The summed E-state index contributed by atoms with van der Waals surface area (Å²) in [6, 6.07) is 3.47. The maximum Gasteiger partial charge on any atom is 0.315 e. The summed E-state index contributed by atoms with van der Waals surface area (Å²) in [6.07, 6.45) is 2.58. The smallest absolute Gasteiger partial charge is 0.315 e. The third-order valence-electron chi connectivity index (χ3n) is 2.00. The van der Waals surface area contributed by atoms with Crippen LogP contribution in [0.4, 0.5) is 4.79 Å². The summed E-state index contributed by atoms with van der Waals surface area (Å²) < 4.78 is 4.99. The molecule has 2 amide bonds. The van der Waals surface area contributed by atoms with E-state index in [-0.39, 0.29) is 6.03 Å². The summed E-state index contributed by atoms with van der Waals surface area (Å²) in [6.45, 7) is 3.16. The van der Waals surface area contributed by atoms with E-state index in [0.29, 0.717) is 19.0 Å². The summed E-state index contributed by atoms with van der Waals surface area (Å²) in [4.78, 5) is 15.2. The van der Waals surface area contributed by atoms with E-state index in [9.17, 15) is 4.79 Å². The van der Waals surface area contributed by atoms with Crippen molar-refractivity contribution >= 4 is 6.03 Å². The van der Waals surface area contributed by atoms with Gasteiger partial charge in [-0.3, -0.25) is 0 Å². The van der Waals surface area contributed by atoms with E-state index >= 15 is 0 Å². The molecule has 0 radical (unpaired) electrons. The lowest BCUT2D eigenvalue weighted by Gasteiger charge is -2.07. The molecule has 1 aromatic rings. The van der Waals surface area contributed by atoms with Gasteiger partial charge in [0.15, 0.2) is 0 Å². The van der Waals surface area contributed by atoms with Gasteiger partial charge >= 0.3 is 6.03 Å². The number of carbonyl (C=O) groups is 1. The van der Waals surface area contributed by atoms with Crippen molar-refractivity contribution in [1.82, 2.24) is 15.6 Å². The van der Waals surface area contributed by atoms with Crippen LogP contribution in [0, 0.1) is 0 Å². The predicted octanol–water partition coefficient (Wildman–Crippen LogP) is 1.30. The molecule has 5 nitrogen and oxygen atoms in total. The maximum atomic E-state index is 11.3. The Morgan fingerprint density at radius 3 is 3.00 bits per heavy atom. The standard InChI is InChI=1S/C11H17N3O2/c1-3-5-13-11(15)14-8-9-4-6-12-10(7-9)16-2/h4,6-7H,3,5,8H2,1-2H3,(H2,13,14,15). The number of urea groups is 1. The molecule has 0 aliphatic rings. The van der Waals surface area contributed by atoms with Crippen molar-refractivity contribution in [2.45, 2.75) is 19.9 Å². The van der Waals surface area contributed by atoms with Gasteiger partial charge in [-0.1, -0.05) is 6.92 Å². The Morgan fingerprint density at radius 1 is 1.50 bits per heavy atom. The molecule has 2 N–H and O–H groups in total. The molecular weight excluding hydrogens is 206 g/mol. The van der Waals surface area contributed by atoms with Gasteiger partial charge < -0.3 is 15.4 Å². The zero-order valence-electron chi connectivity index (χ0n) is 9.62. The quantitative estimate of drug-likeness (QED) is 0.790. The van der Waals surface area contributed by atoms with Gasteiger partial charge in [-0.05, 0) is 18.1 Å². The maximum absolute atomic E-state index is 11.3. The largest absolute Gasteiger partial charge is 0.481 e. The number of aromatic nitrogens is 1. The van der Waals surface area contributed by atoms with Crippen LogP contribution in [0.15, 0.2) is 18.3 Å². The predicted molar refractivity (Wildman–Crippen MR) is 61.3 cm³/mol. The van der Waals surface area contributed by atoms with Crippen LogP contribution in [0.1, 0.15) is 18.9 Å². The zero-order chi connectivity index (χ0) is 11.8. The number of amides is 2. The van der Waals surface area contributed by atoms with Crippen molar-refractivity contribution < 1.29 is 9.53 Å². The number of nitrogens with zero attached hydrogens (tertiary/aromatic N) is 1. The fraction of sp³-hybridized carbons (Fsp3) is 0.455. The van der Waals surface area contributed by atoms with Crippen molar-refractivity contribution in [2.75, 3.05) is 13.7 Å². The first-order valence-electron chi connectivity index (χ1n) is 5.27. The molecule has 1 aromatic heterocycles. The van der Waals surface area contributed by atoms with E-state index in [1.54, 1.807) is 19.4 Å². The zero-order valence-corrected chi connectivity index (χ0v) is 9.62. The second kappa shape index (κ2) is 6.66. The third-order valence-corrected chi connectivity index (χ3v) is 2.00. The minimum Gasteiger partial charge on any atom is -0.481 e. The minimum absolute atomic E-state index is 0.155. The molecule has 16 heavy (non-hydrogen) atoms. The Labute approximate surface area is 95.2 Å². The number of pyridine rings is 1. The lowest BCUT2D eigenvalue weighted by Crippen LogP contribution is -2.35. The highest BCUT2D eigenvalue weighted by atomic mass is 16.5. The first-order valence-corrected chi connectivity index (χ1v) is 5.27. The number of methoxy groups -OCH3 is 1. The molecule has 0 bridgehead atoms. The molecule has 0 saturated carbocycles. The molecule has 0 fully saturated rings. The first-order chi connectivity index (χ1) is 7.76. The Morgan fingerprint density at radius 2 is 2.31 bits per heavy atom. The first kappa shape index (κ1) is 12.3. The average Bonchev–Trinajstić information content (AvgIpc) is 2.34. The number of rotatable bonds is 5.